The summed E-state index contributed by atoms with van der Waals surface area (Å²) >= 11 is 1.30. The van der Waals surface area contributed by atoms with Gasteiger partial charge in [-0.25, -0.2) is 5.09 Å². The Hall–Kier alpha value is -4.30. The number of fused-ring (bicyclic) bond motifs is 3. The molecule has 2 aromatic carbocycles. The van der Waals surface area contributed by atoms with Gasteiger partial charge in [0.2, 0.25) is 17.7 Å². The average Bonchev–Trinajstić information content (AvgIpc) is 3.53. The summed E-state index contributed by atoms with van der Waals surface area (Å²) in [5.41, 5.74) is 0.679. The predicted octanol–water partition coefficient (Wildman–Crippen LogP) is 4.81. The summed E-state index contributed by atoms with van der Waals surface area (Å²) < 4.78 is 31.9. The Morgan fingerprint density at radius 1 is 0.914 bits per heavy atom. The van der Waals surface area contributed by atoms with Crippen molar-refractivity contribution in [3.8, 4) is 5.75 Å². The van der Waals surface area contributed by atoms with Crippen LogP contribution in [0.1, 0.15) is 68.1 Å². The Balaban J connectivity index is 0.945. The Kier molecular flexibility index (Phi) is 11.7. The number of amides is 4. The first kappa shape index (κ1) is 40.5. The summed E-state index contributed by atoms with van der Waals surface area (Å²) in [7, 11) is -3.70. The number of carbonyl (C=O) groups is 5. The number of esters is 1. The maximum absolute atomic E-state index is 14.4. The van der Waals surface area contributed by atoms with Crippen molar-refractivity contribution in [3.05, 3.63) is 65.0 Å². The van der Waals surface area contributed by atoms with Crippen LogP contribution in [-0.4, -0.2) is 114 Å². The zero-order valence-corrected chi connectivity index (χ0v) is 34.9. The molecular formula is C42H52N5O9PS. The van der Waals surface area contributed by atoms with Gasteiger partial charge in [0.05, 0.1) is 36.3 Å². The van der Waals surface area contributed by atoms with Crippen molar-refractivity contribution >= 4 is 58.5 Å². The Morgan fingerprint density at radius 2 is 1.66 bits per heavy atom. The van der Waals surface area contributed by atoms with Crippen LogP contribution in [0.5, 0.6) is 5.75 Å². The molecule has 0 bridgehead atoms. The molecule has 14 nitrogen and oxygen atoms in total. The summed E-state index contributed by atoms with van der Waals surface area (Å²) in [6, 6.07) is 13.8. The van der Waals surface area contributed by atoms with E-state index in [1.807, 2.05) is 29.2 Å². The lowest BCUT2D eigenvalue weighted by Gasteiger charge is -2.44. The van der Waals surface area contributed by atoms with E-state index in [0.29, 0.717) is 80.3 Å². The van der Waals surface area contributed by atoms with Gasteiger partial charge < -0.3 is 34.0 Å². The summed E-state index contributed by atoms with van der Waals surface area (Å²) in [5.74, 6) is -0.179. The van der Waals surface area contributed by atoms with E-state index in [1.165, 1.54) is 11.3 Å². The minimum absolute atomic E-state index is 0.0349. The van der Waals surface area contributed by atoms with Crippen molar-refractivity contribution in [1.29, 1.82) is 0 Å². The van der Waals surface area contributed by atoms with Gasteiger partial charge in [-0.1, -0.05) is 24.3 Å². The summed E-state index contributed by atoms with van der Waals surface area (Å²) in [4.78, 5) is 73.6. The number of hydrogen-bond acceptors (Lipinski definition) is 10. The zero-order chi connectivity index (χ0) is 40.7. The van der Waals surface area contributed by atoms with Crippen molar-refractivity contribution in [2.75, 3.05) is 39.4 Å². The van der Waals surface area contributed by atoms with Gasteiger partial charge in [-0.15, -0.1) is 11.3 Å². The van der Waals surface area contributed by atoms with E-state index in [0.717, 1.165) is 29.3 Å². The van der Waals surface area contributed by atoms with Crippen molar-refractivity contribution < 1.29 is 42.5 Å². The van der Waals surface area contributed by atoms with Crippen LogP contribution >= 0.6 is 18.9 Å². The number of ether oxygens (including phenoxy) is 2. The molecule has 8 rings (SSSR count). The standard InChI is InChI=1S/C42H52N5O9PS/c1-25(2)55-42(52)26(3)44-57(53,56-33-7-5-4-6-8-33)24-27-9-12-36-30(17-27)21-37(58-36)38(48)43-34-20-29-18-28(29)19-32-10-11-35(47(32)40(34)50)41(51)46-22-31(23-46)39(49)45-13-15-54-16-14-45/h4-9,12,17,21,25-26,28-29,31-32,34-35H,10-11,13-16,18-20,22-24H2,1-3H3,(H,43,48)(H,44,53)/t26-,28+,29-,32+,34-,35-,57?/m0/s1. The fraction of sp³-hybridized carbons (Fsp3) is 0.548. The van der Waals surface area contributed by atoms with Crippen LogP contribution in [0.4, 0.5) is 0 Å². The molecule has 0 spiro atoms. The fourth-order valence-electron chi connectivity index (χ4n) is 8.91. The highest BCUT2D eigenvalue weighted by molar-refractivity contribution is 7.56. The Morgan fingerprint density at radius 3 is 2.40 bits per heavy atom. The maximum atomic E-state index is 14.4. The molecule has 4 saturated heterocycles. The lowest BCUT2D eigenvalue weighted by molar-refractivity contribution is -0.157. The van der Waals surface area contributed by atoms with Gasteiger partial charge in [0.25, 0.3) is 5.91 Å². The third-order valence-corrected chi connectivity index (χ3v) is 15.2. The molecule has 0 radical (unpaired) electrons. The van der Waals surface area contributed by atoms with Gasteiger partial charge in [-0.3, -0.25) is 28.5 Å². The number of para-hydroxylation sites is 1. The number of hydrogen-bond donors (Lipinski definition) is 2. The van der Waals surface area contributed by atoms with E-state index in [1.54, 1.807) is 60.9 Å². The first-order chi connectivity index (χ1) is 27.8. The van der Waals surface area contributed by atoms with E-state index in [4.69, 9.17) is 14.0 Å². The van der Waals surface area contributed by atoms with Gasteiger partial charge >= 0.3 is 13.5 Å². The number of carbonyl (C=O) groups excluding carboxylic acids is 5. The zero-order valence-electron chi connectivity index (χ0n) is 33.2. The average molecular weight is 834 g/mol. The molecule has 1 unspecified atom stereocenters. The van der Waals surface area contributed by atoms with Gasteiger partial charge in [-0.05, 0) is 106 Å². The van der Waals surface area contributed by atoms with Crippen molar-refractivity contribution in [1.82, 2.24) is 25.1 Å². The summed E-state index contributed by atoms with van der Waals surface area (Å²) in [5, 5.41) is 6.74. The second-order valence-corrected chi connectivity index (χ2v) is 19.9. The van der Waals surface area contributed by atoms with E-state index >= 15 is 0 Å². The second-order valence-electron chi connectivity index (χ2n) is 16.7. The van der Waals surface area contributed by atoms with Crippen molar-refractivity contribution in [2.45, 2.75) is 89.3 Å². The highest BCUT2D eigenvalue weighted by atomic mass is 32.1. The van der Waals surface area contributed by atoms with Crippen molar-refractivity contribution in [2.24, 2.45) is 17.8 Å². The smallest absolute Gasteiger partial charge is 0.323 e. The van der Waals surface area contributed by atoms with Crippen LogP contribution < -0.4 is 14.9 Å². The Labute approximate surface area is 342 Å². The third-order valence-electron chi connectivity index (χ3n) is 12.0. The minimum atomic E-state index is -3.70. The number of thiophene rings is 1. The lowest BCUT2D eigenvalue weighted by atomic mass is 9.96. The van der Waals surface area contributed by atoms with E-state index in [9.17, 15) is 28.5 Å². The molecule has 16 heteroatoms. The van der Waals surface area contributed by atoms with Crippen LogP contribution in [0, 0.1) is 17.8 Å². The summed E-state index contributed by atoms with van der Waals surface area (Å²) in [6.07, 6.45) is 3.36. The molecule has 1 aliphatic carbocycles. The van der Waals surface area contributed by atoms with Gasteiger partial charge in [0.15, 0.2) is 0 Å². The Bertz CT molecular complexity index is 2100. The minimum Gasteiger partial charge on any atom is -0.462 e. The molecule has 310 valence electrons. The quantitative estimate of drug-likeness (QED) is 0.191. The number of morpholine rings is 1. The molecule has 2 N–H and O–H groups in total. The molecule has 5 aliphatic rings. The molecule has 7 atom stereocenters. The topological polar surface area (TPSA) is 164 Å². The molecular weight excluding hydrogens is 782 g/mol. The molecule has 4 amide bonds. The monoisotopic (exact) mass is 833 g/mol. The van der Waals surface area contributed by atoms with Crippen molar-refractivity contribution in [3.63, 3.8) is 0 Å². The lowest BCUT2D eigenvalue weighted by Crippen LogP contribution is -2.62. The van der Waals surface area contributed by atoms with Crippen LogP contribution in [0.25, 0.3) is 10.1 Å². The number of rotatable bonds is 12. The maximum Gasteiger partial charge on any atom is 0.323 e. The first-order valence-electron chi connectivity index (χ1n) is 20.5. The van der Waals surface area contributed by atoms with E-state index in [2.05, 4.69) is 10.4 Å². The second kappa shape index (κ2) is 16.8. The first-order valence-corrected chi connectivity index (χ1v) is 23.1. The van der Waals surface area contributed by atoms with Crippen LogP contribution in [-0.2, 0) is 39.4 Å². The number of benzene rings is 2. The SMILES string of the molecule is CC(C)OC(=O)[C@H](C)NP(=O)(Cc1ccc2sc(C(=O)N[C@H]3C[C@@H]4C[C@@H]4C[C@H]4CC[C@@H](C(=O)N5CC(C(=O)N6CCOCC6)C5)N4C3=O)cc2c1)Oc1ccccc1. The van der Waals surface area contributed by atoms with Crippen LogP contribution in [0.2, 0.25) is 0 Å². The molecule has 4 aliphatic heterocycles. The van der Waals surface area contributed by atoms with E-state index < -0.39 is 31.6 Å². The van der Waals surface area contributed by atoms with Crippen LogP contribution in [0.15, 0.2) is 54.6 Å². The largest absolute Gasteiger partial charge is 0.462 e. The number of likely N-dealkylation sites (tertiary alicyclic amines) is 1. The van der Waals surface area contributed by atoms with E-state index in [-0.39, 0.29) is 47.9 Å². The fourth-order valence-corrected chi connectivity index (χ4v) is 11.9. The molecule has 5 heterocycles. The summed E-state index contributed by atoms with van der Waals surface area (Å²) in [6.45, 7) is 7.98. The third kappa shape index (κ3) is 8.83. The highest BCUT2D eigenvalue weighted by Crippen LogP contribution is 2.50. The molecule has 58 heavy (non-hydrogen) atoms. The number of nitrogens with one attached hydrogen (secondary N) is 2. The number of nitrogens with zero attached hydrogens (tertiary/aromatic N) is 3. The molecule has 1 saturated carbocycles. The molecule has 1 aromatic heterocycles. The highest BCUT2D eigenvalue weighted by Gasteiger charge is 2.53. The normalized spacial score (nSPS) is 26.1. The van der Waals surface area contributed by atoms with Gasteiger partial charge in [0, 0.05) is 36.9 Å². The molecule has 5 fully saturated rings. The predicted molar refractivity (Wildman–Crippen MR) is 217 cm³/mol. The van der Waals surface area contributed by atoms with Gasteiger partial charge in [-0.2, -0.15) is 0 Å². The molecule has 3 aromatic rings. The van der Waals surface area contributed by atoms with Gasteiger partial charge in [0.1, 0.15) is 23.9 Å². The van der Waals surface area contributed by atoms with Crippen LogP contribution in [0.3, 0.4) is 0 Å².